The minimum atomic E-state index is -0.155. The molecule has 3 rings (SSSR count). The highest BCUT2D eigenvalue weighted by atomic mass is 35.5. The first-order valence-corrected chi connectivity index (χ1v) is 8.86. The minimum absolute atomic E-state index is 0.0823. The molecule has 2 aromatic rings. The predicted octanol–water partition coefficient (Wildman–Crippen LogP) is 4.22. The number of nitrogens with two attached hydrogens (primary N) is 1. The smallest absolute Gasteiger partial charge is 0.257 e. The fourth-order valence-corrected chi connectivity index (χ4v) is 3.76. The summed E-state index contributed by atoms with van der Waals surface area (Å²) in [7, 11) is 1.56. The number of hydrogen-bond acceptors (Lipinski definition) is 3. The van der Waals surface area contributed by atoms with E-state index in [0.717, 1.165) is 16.7 Å². The molecule has 0 saturated heterocycles. The number of carbonyl (C=O) groups excluding carboxylic acids is 1. The molecule has 25 heavy (non-hydrogen) atoms. The van der Waals surface area contributed by atoms with Gasteiger partial charge in [-0.3, -0.25) is 4.79 Å². The number of methoxy groups -OCH3 is 1. The summed E-state index contributed by atoms with van der Waals surface area (Å²) in [4.78, 5) is 14.9. The molecule has 132 valence electrons. The molecule has 0 fully saturated rings. The van der Waals surface area contributed by atoms with Gasteiger partial charge < -0.3 is 15.4 Å². The zero-order valence-electron chi connectivity index (χ0n) is 14.2. The van der Waals surface area contributed by atoms with Gasteiger partial charge in [0.2, 0.25) is 0 Å². The summed E-state index contributed by atoms with van der Waals surface area (Å²) in [6.45, 7) is 2.95. The average molecular weight is 379 g/mol. The Morgan fingerprint density at radius 3 is 2.72 bits per heavy atom. The molecule has 0 unspecified atom stereocenters. The summed E-state index contributed by atoms with van der Waals surface area (Å²) < 4.78 is 5.37. The van der Waals surface area contributed by atoms with Gasteiger partial charge in [0.15, 0.2) is 0 Å². The molecule has 2 aromatic carbocycles. The zero-order chi connectivity index (χ0) is 18.1. The number of hydrogen-bond donors (Lipinski definition) is 1. The maximum absolute atomic E-state index is 13.1. The van der Waals surface area contributed by atoms with E-state index in [4.69, 9.17) is 33.7 Å². The SMILES string of the molecule is COc1ccc([C@H](C)N)cc1C(=O)N1CCc2c(Cl)cc(Cl)cc2C1. The van der Waals surface area contributed by atoms with Crippen molar-refractivity contribution in [3.8, 4) is 5.75 Å². The number of fused-ring (bicyclic) bond motifs is 1. The lowest BCUT2D eigenvalue weighted by molar-refractivity contribution is 0.0731. The normalized spacial score (nSPS) is 14.8. The van der Waals surface area contributed by atoms with Crippen molar-refractivity contribution in [1.82, 2.24) is 4.90 Å². The number of halogens is 2. The van der Waals surface area contributed by atoms with E-state index in [9.17, 15) is 4.79 Å². The van der Waals surface area contributed by atoms with Gasteiger partial charge in [-0.1, -0.05) is 29.3 Å². The molecule has 4 nitrogen and oxygen atoms in total. The quantitative estimate of drug-likeness (QED) is 0.869. The number of nitrogens with zero attached hydrogens (tertiary/aromatic N) is 1. The average Bonchev–Trinajstić information content (AvgIpc) is 2.59. The lowest BCUT2D eigenvalue weighted by atomic mass is 9.98. The summed E-state index contributed by atoms with van der Waals surface area (Å²) in [6.07, 6.45) is 0.701. The van der Waals surface area contributed by atoms with Gasteiger partial charge in [-0.05, 0) is 54.3 Å². The van der Waals surface area contributed by atoms with Crippen LogP contribution in [0.15, 0.2) is 30.3 Å². The lowest BCUT2D eigenvalue weighted by Crippen LogP contribution is -2.36. The van der Waals surface area contributed by atoms with E-state index in [2.05, 4.69) is 0 Å². The van der Waals surface area contributed by atoms with Crippen molar-refractivity contribution in [3.63, 3.8) is 0 Å². The van der Waals surface area contributed by atoms with Crippen LogP contribution in [0.4, 0.5) is 0 Å². The molecular weight excluding hydrogens is 359 g/mol. The van der Waals surface area contributed by atoms with Crippen LogP contribution in [0.1, 0.15) is 40.0 Å². The minimum Gasteiger partial charge on any atom is -0.496 e. The monoisotopic (exact) mass is 378 g/mol. The summed E-state index contributed by atoms with van der Waals surface area (Å²) in [5.74, 6) is 0.463. The van der Waals surface area contributed by atoms with E-state index in [1.165, 1.54) is 0 Å². The first-order chi connectivity index (χ1) is 11.9. The number of ether oxygens (including phenoxy) is 1. The Morgan fingerprint density at radius 2 is 2.04 bits per heavy atom. The molecule has 0 spiro atoms. The topological polar surface area (TPSA) is 55.6 Å². The van der Waals surface area contributed by atoms with E-state index in [-0.39, 0.29) is 11.9 Å². The highest BCUT2D eigenvalue weighted by Crippen LogP contribution is 2.31. The summed E-state index contributed by atoms with van der Waals surface area (Å²) in [6, 6.07) is 8.94. The summed E-state index contributed by atoms with van der Waals surface area (Å²) >= 11 is 12.4. The van der Waals surface area contributed by atoms with Gasteiger partial charge in [-0.15, -0.1) is 0 Å². The molecule has 1 aliphatic heterocycles. The number of benzene rings is 2. The van der Waals surface area contributed by atoms with Gasteiger partial charge in [0.1, 0.15) is 5.75 Å². The lowest BCUT2D eigenvalue weighted by Gasteiger charge is -2.30. The van der Waals surface area contributed by atoms with Crippen LogP contribution in [0.5, 0.6) is 5.75 Å². The molecule has 0 aliphatic carbocycles. The van der Waals surface area contributed by atoms with E-state index in [1.807, 2.05) is 25.1 Å². The number of amides is 1. The zero-order valence-corrected chi connectivity index (χ0v) is 15.7. The molecule has 2 N–H and O–H groups in total. The van der Waals surface area contributed by atoms with Crippen LogP contribution < -0.4 is 10.5 Å². The van der Waals surface area contributed by atoms with Crippen molar-refractivity contribution >= 4 is 29.1 Å². The molecule has 1 amide bonds. The second-order valence-electron chi connectivity index (χ2n) is 6.25. The van der Waals surface area contributed by atoms with Crippen molar-refractivity contribution in [1.29, 1.82) is 0 Å². The van der Waals surface area contributed by atoms with Crippen LogP contribution in [-0.4, -0.2) is 24.5 Å². The first kappa shape index (κ1) is 18.1. The Labute approximate surface area is 157 Å². The van der Waals surface area contributed by atoms with Gasteiger partial charge >= 0.3 is 0 Å². The Bertz CT molecular complexity index is 821. The third-order valence-corrected chi connectivity index (χ3v) is 5.07. The van der Waals surface area contributed by atoms with Crippen molar-refractivity contribution in [2.75, 3.05) is 13.7 Å². The standard InChI is InChI=1S/C19H20Cl2N2O2/c1-11(22)12-3-4-18(25-2)16(8-12)19(24)23-6-5-15-13(10-23)7-14(20)9-17(15)21/h3-4,7-9,11H,5-6,10,22H2,1-2H3/t11-/m0/s1. The van der Waals surface area contributed by atoms with E-state index in [0.29, 0.717) is 40.9 Å². The van der Waals surface area contributed by atoms with Crippen LogP contribution in [-0.2, 0) is 13.0 Å². The molecule has 0 aromatic heterocycles. The molecular formula is C19H20Cl2N2O2. The summed E-state index contributed by atoms with van der Waals surface area (Å²) in [5.41, 5.74) is 9.42. The Kier molecular flexibility index (Phi) is 5.23. The summed E-state index contributed by atoms with van der Waals surface area (Å²) in [5, 5.41) is 1.24. The maximum atomic E-state index is 13.1. The highest BCUT2D eigenvalue weighted by Gasteiger charge is 2.26. The second-order valence-corrected chi connectivity index (χ2v) is 7.09. The Morgan fingerprint density at radius 1 is 1.28 bits per heavy atom. The van der Waals surface area contributed by atoms with E-state index in [1.54, 1.807) is 24.1 Å². The molecule has 1 atom stereocenters. The Hall–Kier alpha value is -1.75. The second kappa shape index (κ2) is 7.24. The highest BCUT2D eigenvalue weighted by molar-refractivity contribution is 6.35. The molecule has 0 bridgehead atoms. The maximum Gasteiger partial charge on any atom is 0.257 e. The van der Waals surface area contributed by atoms with Crippen molar-refractivity contribution in [3.05, 3.63) is 62.6 Å². The van der Waals surface area contributed by atoms with Crippen LogP contribution >= 0.6 is 23.2 Å². The van der Waals surface area contributed by atoms with E-state index >= 15 is 0 Å². The van der Waals surface area contributed by atoms with Gasteiger partial charge in [0.25, 0.3) is 5.91 Å². The van der Waals surface area contributed by atoms with Gasteiger partial charge in [-0.2, -0.15) is 0 Å². The molecule has 0 saturated carbocycles. The van der Waals surface area contributed by atoms with Crippen molar-refractivity contribution in [2.24, 2.45) is 5.73 Å². The van der Waals surface area contributed by atoms with Crippen LogP contribution in [0.25, 0.3) is 0 Å². The largest absolute Gasteiger partial charge is 0.496 e. The first-order valence-electron chi connectivity index (χ1n) is 8.10. The Balaban J connectivity index is 1.93. The molecule has 6 heteroatoms. The predicted molar refractivity (Wildman–Crippen MR) is 101 cm³/mol. The van der Waals surface area contributed by atoms with Crippen LogP contribution in [0.3, 0.4) is 0 Å². The van der Waals surface area contributed by atoms with Gasteiger partial charge in [0.05, 0.1) is 12.7 Å². The van der Waals surface area contributed by atoms with Crippen molar-refractivity contribution < 1.29 is 9.53 Å². The number of carbonyl (C=O) groups is 1. The van der Waals surface area contributed by atoms with Crippen LogP contribution in [0, 0.1) is 0 Å². The van der Waals surface area contributed by atoms with E-state index < -0.39 is 0 Å². The van der Waals surface area contributed by atoms with Gasteiger partial charge in [0, 0.05) is 29.2 Å². The molecule has 0 radical (unpaired) electrons. The third kappa shape index (κ3) is 3.61. The van der Waals surface area contributed by atoms with Crippen LogP contribution in [0.2, 0.25) is 10.0 Å². The third-order valence-electron chi connectivity index (χ3n) is 4.51. The van der Waals surface area contributed by atoms with Crippen molar-refractivity contribution in [2.45, 2.75) is 25.9 Å². The fourth-order valence-electron chi connectivity index (χ4n) is 3.13. The van der Waals surface area contributed by atoms with Gasteiger partial charge in [-0.25, -0.2) is 0 Å². The fraction of sp³-hybridized carbons (Fsp3) is 0.316. The molecule has 1 heterocycles. The molecule has 1 aliphatic rings. The number of rotatable bonds is 3.